The minimum absolute atomic E-state index is 0.172. The molecule has 0 aliphatic rings. The molecule has 2 rings (SSSR count). The average molecular weight is 263 g/mol. The molecule has 0 saturated carbocycles. The van der Waals surface area contributed by atoms with Crippen molar-refractivity contribution in [1.82, 2.24) is 9.55 Å². The second-order valence-corrected chi connectivity index (χ2v) is 6.60. The number of fused-ring (bicyclic) bond motifs is 1. The molecule has 3 nitrogen and oxygen atoms in total. The third-order valence-electron chi connectivity index (χ3n) is 3.03. The van der Waals surface area contributed by atoms with E-state index in [1.54, 1.807) is 11.8 Å². The van der Waals surface area contributed by atoms with Gasteiger partial charge in [0.1, 0.15) is 0 Å². The van der Waals surface area contributed by atoms with E-state index in [1.165, 1.54) is 16.6 Å². The Morgan fingerprint density at radius 2 is 1.89 bits per heavy atom. The van der Waals surface area contributed by atoms with Crippen LogP contribution in [0.5, 0.6) is 0 Å². The molecule has 0 bridgehead atoms. The largest absolute Gasteiger partial charge is 0.325 e. The van der Waals surface area contributed by atoms with Gasteiger partial charge < -0.3 is 10.3 Å². The predicted octanol–water partition coefficient (Wildman–Crippen LogP) is 3.02. The van der Waals surface area contributed by atoms with Gasteiger partial charge in [-0.25, -0.2) is 4.98 Å². The number of nitrogens with two attached hydrogens (primary N) is 1. The second-order valence-electron chi connectivity index (χ2n) is 5.66. The van der Waals surface area contributed by atoms with Crippen LogP contribution in [0.15, 0.2) is 17.3 Å². The van der Waals surface area contributed by atoms with E-state index in [-0.39, 0.29) is 5.54 Å². The van der Waals surface area contributed by atoms with Gasteiger partial charge in [0.2, 0.25) is 0 Å². The Labute approximate surface area is 113 Å². The van der Waals surface area contributed by atoms with Crippen LogP contribution in [-0.2, 0) is 7.05 Å². The van der Waals surface area contributed by atoms with E-state index >= 15 is 0 Å². The highest BCUT2D eigenvalue weighted by molar-refractivity contribution is 7.99. The first kappa shape index (κ1) is 13.4. The molecule has 0 atom stereocenters. The molecule has 0 fully saturated rings. The lowest BCUT2D eigenvalue weighted by molar-refractivity contribution is 0.590. The van der Waals surface area contributed by atoms with Crippen molar-refractivity contribution in [3.05, 3.63) is 23.3 Å². The summed E-state index contributed by atoms with van der Waals surface area (Å²) in [5.41, 5.74) is 10.7. The summed E-state index contributed by atoms with van der Waals surface area (Å²) in [5, 5.41) is 1.04. The van der Waals surface area contributed by atoms with Gasteiger partial charge in [0.25, 0.3) is 0 Å². The zero-order valence-electron chi connectivity index (χ0n) is 11.7. The lowest BCUT2D eigenvalue weighted by Gasteiger charge is -2.16. The Hall–Kier alpha value is -1.00. The lowest BCUT2D eigenvalue weighted by Crippen LogP contribution is -2.34. The summed E-state index contributed by atoms with van der Waals surface area (Å²) in [4.78, 5) is 4.69. The molecule has 2 N–H and O–H groups in total. The summed E-state index contributed by atoms with van der Waals surface area (Å²) >= 11 is 1.72. The second kappa shape index (κ2) is 4.59. The van der Waals surface area contributed by atoms with Gasteiger partial charge in [0.15, 0.2) is 5.16 Å². The van der Waals surface area contributed by atoms with Crippen molar-refractivity contribution in [2.24, 2.45) is 12.8 Å². The summed E-state index contributed by atoms with van der Waals surface area (Å²) in [6, 6.07) is 4.36. The van der Waals surface area contributed by atoms with Crippen molar-refractivity contribution in [2.45, 2.75) is 38.4 Å². The van der Waals surface area contributed by atoms with Gasteiger partial charge in [-0.1, -0.05) is 11.8 Å². The van der Waals surface area contributed by atoms with Crippen LogP contribution in [0.3, 0.4) is 0 Å². The molecular weight excluding hydrogens is 242 g/mol. The third kappa shape index (κ3) is 2.70. The maximum atomic E-state index is 6.02. The number of aryl methyl sites for hydroxylation is 3. The van der Waals surface area contributed by atoms with Crippen LogP contribution in [0.4, 0.5) is 0 Å². The Balaban J connectivity index is 2.38. The first-order chi connectivity index (χ1) is 8.28. The number of rotatable bonds is 3. The zero-order chi connectivity index (χ0) is 13.5. The molecule has 1 heterocycles. The van der Waals surface area contributed by atoms with E-state index in [0.717, 1.165) is 16.4 Å². The summed E-state index contributed by atoms with van der Waals surface area (Å²) in [6.45, 7) is 8.34. The van der Waals surface area contributed by atoms with E-state index in [4.69, 9.17) is 5.73 Å². The van der Waals surface area contributed by atoms with E-state index in [1.807, 2.05) is 13.8 Å². The first-order valence-electron chi connectivity index (χ1n) is 6.13. The SMILES string of the molecule is Cc1cc2nc(SCC(C)(C)N)n(C)c2cc1C. The highest BCUT2D eigenvalue weighted by Crippen LogP contribution is 2.26. The Morgan fingerprint density at radius 3 is 2.50 bits per heavy atom. The summed E-state index contributed by atoms with van der Waals surface area (Å²) in [5.74, 6) is 0.863. The molecule has 18 heavy (non-hydrogen) atoms. The maximum Gasteiger partial charge on any atom is 0.168 e. The molecule has 98 valence electrons. The topological polar surface area (TPSA) is 43.8 Å². The molecule has 0 saturated heterocycles. The minimum Gasteiger partial charge on any atom is -0.325 e. The van der Waals surface area contributed by atoms with Crippen molar-refractivity contribution >= 4 is 22.8 Å². The Kier molecular flexibility index (Phi) is 3.43. The first-order valence-corrected chi connectivity index (χ1v) is 7.12. The van der Waals surface area contributed by atoms with Crippen LogP contribution in [0.25, 0.3) is 11.0 Å². The molecule has 4 heteroatoms. The summed E-state index contributed by atoms with van der Waals surface area (Å²) < 4.78 is 2.15. The fourth-order valence-electron chi connectivity index (χ4n) is 1.80. The molecule has 1 aromatic heterocycles. The fourth-order valence-corrected chi connectivity index (χ4v) is 2.76. The maximum absolute atomic E-state index is 6.02. The van der Waals surface area contributed by atoms with E-state index < -0.39 is 0 Å². The molecule has 0 aliphatic heterocycles. The highest BCUT2D eigenvalue weighted by Gasteiger charge is 2.15. The van der Waals surface area contributed by atoms with Gasteiger partial charge >= 0.3 is 0 Å². The number of aromatic nitrogens is 2. The zero-order valence-corrected chi connectivity index (χ0v) is 12.6. The molecule has 0 radical (unpaired) electrons. The molecule has 0 amide bonds. The van der Waals surface area contributed by atoms with Crippen LogP contribution >= 0.6 is 11.8 Å². The Morgan fingerprint density at radius 1 is 1.28 bits per heavy atom. The van der Waals surface area contributed by atoms with Crippen LogP contribution in [0.2, 0.25) is 0 Å². The van der Waals surface area contributed by atoms with Crippen LogP contribution < -0.4 is 5.73 Å². The van der Waals surface area contributed by atoms with Gasteiger partial charge in [0, 0.05) is 18.3 Å². The van der Waals surface area contributed by atoms with Crippen molar-refractivity contribution in [3.8, 4) is 0 Å². The number of hydrogen-bond donors (Lipinski definition) is 1. The van der Waals surface area contributed by atoms with Crippen LogP contribution in [0, 0.1) is 13.8 Å². The minimum atomic E-state index is -0.172. The molecule has 0 unspecified atom stereocenters. The van der Waals surface area contributed by atoms with Crippen molar-refractivity contribution in [2.75, 3.05) is 5.75 Å². The molecule has 0 aliphatic carbocycles. The van der Waals surface area contributed by atoms with Crippen molar-refractivity contribution in [3.63, 3.8) is 0 Å². The molecule has 1 aromatic carbocycles. The van der Waals surface area contributed by atoms with Crippen LogP contribution in [-0.4, -0.2) is 20.8 Å². The standard InChI is InChI=1S/C14H21N3S/c1-9-6-11-12(7-10(9)2)17(5)13(16-11)18-8-14(3,4)15/h6-7H,8,15H2,1-5H3. The number of nitrogens with zero attached hydrogens (tertiary/aromatic N) is 2. The van der Waals surface area contributed by atoms with Gasteiger partial charge in [-0.3, -0.25) is 0 Å². The highest BCUT2D eigenvalue weighted by atomic mass is 32.2. The van der Waals surface area contributed by atoms with Gasteiger partial charge in [-0.05, 0) is 51.0 Å². The smallest absolute Gasteiger partial charge is 0.168 e. The number of imidazole rings is 1. The van der Waals surface area contributed by atoms with Crippen molar-refractivity contribution < 1.29 is 0 Å². The van der Waals surface area contributed by atoms with E-state index in [0.29, 0.717) is 0 Å². The lowest BCUT2D eigenvalue weighted by atomic mass is 10.1. The van der Waals surface area contributed by atoms with Crippen LogP contribution in [0.1, 0.15) is 25.0 Å². The molecular formula is C14H21N3S. The summed E-state index contributed by atoms with van der Waals surface area (Å²) in [7, 11) is 2.07. The van der Waals surface area contributed by atoms with Gasteiger partial charge in [-0.15, -0.1) is 0 Å². The third-order valence-corrected chi connectivity index (χ3v) is 4.54. The Bertz CT molecular complexity index is 579. The predicted molar refractivity (Wildman–Crippen MR) is 79.2 cm³/mol. The number of benzene rings is 1. The fraction of sp³-hybridized carbons (Fsp3) is 0.500. The van der Waals surface area contributed by atoms with E-state index in [9.17, 15) is 0 Å². The summed E-state index contributed by atoms with van der Waals surface area (Å²) in [6.07, 6.45) is 0. The number of hydrogen-bond acceptors (Lipinski definition) is 3. The molecule has 0 spiro atoms. The van der Waals surface area contributed by atoms with Crippen molar-refractivity contribution in [1.29, 1.82) is 0 Å². The number of thioether (sulfide) groups is 1. The normalized spacial score (nSPS) is 12.3. The quantitative estimate of drug-likeness (QED) is 0.866. The molecule has 2 aromatic rings. The van der Waals surface area contributed by atoms with Gasteiger partial charge in [0.05, 0.1) is 11.0 Å². The average Bonchev–Trinajstić information content (AvgIpc) is 2.53. The van der Waals surface area contributed by atoms with E-state index in [2.05, 4.69) is 42.6 Å². The van der Waals surface area contributed by atoms with Gasteiger partial charge in [-0.2, -0.15) is 0 Å². The monoisotopic (exact) mass is 263 g/mol.